The maximum atomic E-state index is 13.2. The number of methoxy groups -OCH3 is 1. The van der Waals surface area contributed by atoms with Crippen molar-refractivity contribution in [2.24, 2.45) is 5.92 Å². The number of hydrogen-bond donors (Lipinski definition) is 2. The fourth-order valence-electron chi connectivity index (χ4n) is 4.67. The van der Waals surface area contributed by atoms with E-state index >= 15 is 0 Å². The van der Waals surface area contributed by atoms with Gasteiger partial charge in [-0.2, -0.15) is 0 Å². The highest BCUT2D eigenvalue weighted by Crippen LogP contribution is 2.55. The number of guanidine groups is 1. The Labute approximate surface area is 142 Å². The number of amides is 1. The lowest BCUT2D eigenvalue weighted by molar-refractivity contribution is -0.129. The molecule has 1 aromatic rings. The van der Waals surface area contributed by atoms with Gasteiger partial charge in [-0.1, -0.05) is 37.5 Å². The molecule has 24 heavy (non-hydrogen) atoms. The molecule has 3 aliphatic rings. The van der Waals surface area contributed by atoms with Crippen LogP contribution in [-0.4, -0.2) is 29.9 Å². The van der Waals surface area contributed by atoms with E-state index in [4.69, 9.17) is 10.1 Å². The number of nitrogens with zero attached hydrogens (tertiary/aromatic N) is 1. The molecule has 2 N–H and O–H groups in total. The third-order valence-electron chi connectivity index (χ3n) is 5.82. The van der Waals surface area contributed by atoms with Crippen LogP contribution < -0.4 is 10.1 Å². The molecule has 1 unspecified atom stereocenters. The molecule has 2 saturated carbocycles. The number of carbonyl (C=O) groups excluding carboxylic acids is 1. The molecule has 2 aliphatic carbocycles. The van der Waals surface area contributed by atoms with Gasteiger partial charge < -0.3 is 9.64 Å². The molecule has 0 spiro atoms. The normalized spacial score (nSPS) is 28.1. The summed E-state index contributed by atoms with van der Waals surface area (Å²) in [7, 11) is 1.66. The lowest BCUT2D eigenvalue weighted by Gasteiger charge is -2.43. The van der Waals surface area contributed by atoms with E-state index in [1.54, 1.807) is 7.11 Å². The largest absolute Gasteiger partial charge is 0.496 e. The zero-order chi connectivity index (χ0) is 16.7. The molecule has 4 rings (SSSR count). The van der Waals surface area contributed by atoms with Crippen molar-refractivity contribution in [2.75, 3.05) is 7.11 Å². The number of nitrogens with one attached hydrogen (secondary N) is 2. The summed E-state index contributed by atoms with van der Waals surface area (Å²) < 4.78 is 5.60. The average molecular weight is 327 g/mol. The number of carbonyl (C=O) groups is 1. The minimum absolute atomic E-state index is 0.0509. The maximum absolute atomic E-state index is 13.2. The summed E-state index contributed by atoms with van der Waals surface area (Å²) in [6, 6.07) is 8.09. The molecular formula is C19H25N3O2. The summed E-state index contributed by atoms with van der Waals surface area (Å²) in [5, 5.41) is 11.3. The van der Waals surface area contributed by atoms with Gasteiger partial charge in [0.05, 0.1) is 7.11 Å². The second-order valence-electron chi connectivity index (χ2n) is 7.21. The van der Waals surface area contributed by atoms with Crippen LogP contribution in [0.15, 0.2) is 24.3 Å². The molecule has 5 heteroatoms. The quantitative estimate of drug-likeness (QED) is 0.893. The van der Waals surface area contributed by atoms with E-state index in [1.807, 2.05) is 24.3 Å². The highest BCUT2D eigenvalue weighted by molar-refractivity contribution is 6.09. The predicted molar refractivity (Wildman–Crippen MR) is 92.0 cm³/mol. The predicted octanol–water partition coefficient (Wildman–Crippen LogP) is 3.00. The highest BCUT2D eigenvalue weighted by Gasteiger charge is 2.63. The Morgan fingerprint density at radius 2 is 1.88 bits per heavy atom. The number of ether oxygens (including phenoxy) is 1. The summed E-state index contributed by atoms with van der Waals surface area (Å²) in [5.74, 6) is 1.23. The Kier molecular flexibility index (Phi) is 3.74. The highest BCUT2D eigenvalue weighted by atomic mass is 16.5. The first-order valence-electron chi connectivity index (χ1n) is 9.02. The van der Waals surface area contributed by atoms with Crippen LogP contribution in [0.2, 0.25) is 0 Å². The zero-order valence-corrected chi connectivity index (χ0v) is 14.2. The number of para-hydroxylation sites is 1. The molecule has 1 saturated heterocycles. The Hall–Kier alpha value is -2.04. The molecule has 5 nitrogen and oxygen atoms in total. The fraction of sp³-hybridized carbons (Fsp3) is 0.579. The van der Waals surface area contributed by atoms with E-state index in [-0.39, 0.29) is 23.8 Å². The van der Waals surface area contributed by atoms with Gasteiger partial charge in [0.1, 0.15) is 5.75 Å². The Morgan fingerprint density at radius 3 is 2.54 bits per heavy atom. The molecular weight excluding hydrogens is 302 g/mol. The van der Waals surface area contributed by atoms with Crippen molar-refractivity contribution >= 4 is 11.9 Å². The molecule has 1 aliphatic heterocycles. The molecule has 3 fully saturated rings. The molecule has 1 amide bonds. The Balaban J connectivity index is 1.87. The van der Waals surface area contributed by atoms with Gasteiger partial charge in [0.25, 0.3) is 5.91 Å². The van der Waals surface area contributed by atoms with Crippen molar-refractivity contribution in [2.45, 2.75) is 56.5 Å². The number of hydrogen-bond acceptors (Lipinski definition) is 3. The van der Waals surface area contributed by atoms with Crippen molar-refractivity contribution in [3.8, 4) is 5.75 Å². The van der Waals surface area contributed by atoms with Crippen molar-refractivity contribution < 1.29 is 9.53 Å². The van der Waals surface area contributed by atoms with Crippen LogP contribution >= 0.6 is 0 Å². The number of benzene rings is 1. The van der Waals surface area contributed by atoms with Gasteiger partial charge in [0, 0.05) is 11.6 Å². The summed E-state index contributed by atoms with van der Waals surface area (Å²) in [6.45, 7) is 0. The SMILES string of the molecule is COc1ccccc1C1(C2CC2)C(=O)NC(=N)N1C1CCCCC1. The molecule has 1 heterocycles. The van der Waals surface area contributed by atoms with Crippen molar-refractivity contribution in [1.29, 1.82) is 5.41 Å². The third-order valence-corrected chi connectivity index (χ3v) is 5.82. The monoisotopic (exact) mass is 327 g/mol. The van der Waals surface area contributed by atoms with Gasteiger partial charge in [-0.3, -0.25) is 15.5 Å². The lowest BCUT2D eigenvalue weighted by Crippen LogP contribution is -2.54. The molecule has 1 aromatic carbocycles. The number of rotatable bonds is 4. The average Bonchev–Trinajstić information content (AvgIpc) is 3.41. The Morgan fingerprint density at radius 1 is 1.17 bits per heavy atom. The van der Waals surface area contributed by atoms with Crippen LogP contribution in [-0.2, 0) is 10.3 Å². The van der Waals surface area contributed by atoms with Crippen molar-refractivity contribution in [3.05, 3.63) is 29.8 Å². The fourth-order valence-corrected chi connectivity index (χ4v) is 4.67. The van der Waals surface area contributed by atoms with Crippen LogP contribution in [0.4, 0.5) is 0 Å². The van der Waals surface area contributed by atoms with E-state index in [0.29, 0.717) is 0 Å². The standard InChI is InChI=1S/C19H25N3O2/c1-24-16-10-6-5-9-15(16)19(13-11-12-13)17(23)21-18(20)22(19)14-7-3-2-4-8-14/h5-6,9-10,13-14H,2-4,7-8,11-12H2,1H3,(H2,20,21,23). The van der Waals surface area contributed by atoms with Gasteiger partial charge in [-0.05, 0) is 37.7 Å². The minimum atomic E-state index is -0.772. The van der Waals surface area contributed by atoms with Crippen molar-refractivity contribution in [1.82, 2.24) is 10.2 Å². The minimum Gasteiger partial charge on any atom is -0.496 e. The summed E-state index contributed by atoms with van der Waals surface area (Å²) in [4.78, 5) is 15.3. The van der Waals surface area contributed by atoms with Gasteiger partial charge in [0.2, 0.25) is 0 Å². The first kappa shape index (κ1) is 15.5. The first-order valence-corrected chi connectivity index (χ1v) is 9.02. The molecule has 0 bridgehead atoms. The van der Waals surface area contributed by atoms with Crippen LogP contribution in [0, 0.1) is 11.3 Å². The molecule has 1 atom stereocenters. The van der Waals surface area contributed by atoms with Gasteiger partial charge in [0.15, 0.2) is 11.5 Å². The Bertz CT molecular complexity index is 664. The van der Waals surface area contributed by atoms with Crippen LogP contribution in [0.3, 0.4) is 0 Å². The topological polar surface area (TPSA) is 65.4 Å². The molecule has 0 aromatic heterocycles. The summed E-state index contributed by atoms with van der Waals surface area (Å²) >= 11 is 0. The zero-order valence-electron chi connectivity index (χ0n) is 14.2. The van der Waals surface area contributed by atoms with Crippen LogP contribution in [0.1, 0.15) is 50.5 Å². The molecule has 0 radical (unpaired) electrons. The van der Waals surface area contributed by atoms with Gasteiger partial charge >= 0.3 is 0 Å². The third kappa shape index (κ3) is 2.14. The maximum Gasteiger partial charge on any atom is 0.257 e. The molecule has 128 valence electrons. The first-order chi connectivity index (χ1) is 11.7. The lowest BCUT2D eigenvalue weighted by atomic mass is 9.80. The van der Waals surface area contributed by atoms with Crippen LogP contribution in [0.25, 0.3) is 0 Å². The second-order valence-corrected chi connectivity index (χ2v) is 7.21. The van der Waals surface area contributed by atoms with E-state index in [1.165, 1.54) is 19.3 Å². The summed E-state index contributed by atoms with van der Waals surface area (Å²) in [5.41, 5.74) is 0.145. The summed E-state index contributed by atoms with van der Waals surface area (Å²) in [6.07, 6.45) is 7.78. The van der Waals surface area contributed by atoms with E-state index in [0.717, 1.165) is 37.0 Å². The van der Waals surface area contributed by atoms with E-state index in [2.05, 4.69) is 10.2 Å². The van der Waals surface area contributed by atoms with Gasteiger partial charge in [-0.25, -0.2) is 0 Å². The van der Waals surface area contributed by atoms with Crippen LogP contribution in [0.5, 0.6) is 5.75 Å². The van der Waals surface area contributed by atoms with Gasteiger partial charge in [-0.15, -0.1) is 0 Å². The van der Waals surface area contributed by atoms with E-state index < -0.39 is 5.54 Å². The smallest absolute Gasteiger partial charge is 0.257 e. The second kappa shape index (κ2) is 5.80. The van der Waals surface area contributed by atoms with E-state index in [9.17, 15) is 4.79 Å². The van der Waals surface area contributed by atoms with Crippen molar-refractivity contribution in [3.63, 3.8) is 0 Å².